The van der Waals surface area contributed by atoms with Crippen LogP contribution >= 0.6 is 11.3 Å². The first kappa shape index (κ1) is 13.1. The lowest BCUT2D eigenvalue weighted by atomic mass is 10.1. The van der Waals surface area contributed by atoms with Crippen molar-refractivity contribution < 1.29 is 4.74 Å². The fourth-order valence-electron chi connectivity index (χ4n) is 1.89. The number of rotatable bonds is 5. The zero-order chi connectivity index (χ0) is 13.0. The van der Waals surface area contributed by atoms with Crippen LogP contribution in [0.1, 0.15) is 28.4 Å². The van der Waals surface area contributed by atoms with Crippen molar-refractivity contribution in [2.24, 2.45) is 0 Å². The van der Waals surface area contributed by atoms with E-state index in [1.165, 1.54) is 10.4 Å². The average molecular weight is 262 g/mol. The van der Waals surface area contributed by atoms with Crippen LogP contribution < -0.4 is 10.1 Å². The Morgan fingerprint density at radius 3 is 2.56 bits per heavy atom. The molecule has 0 spiro atoms. The molecule has 2 aromatic rings. The molecule has 0 amide bonds. The second-order valence-corrected chi connectivity index (χ2v) is 5.31. The van der Waals surface area contributed by atoms with Crippen molar-refractivity contribution in [3.63, 3.8) is 0 Å². The number of methoxy groups -OCH3 is 1. The third kappa shape index (κ3) is 2.89. The van der Waals surface area contributed by atoms with Crippen LogP contribution in [0.3, 0.4) is 0 Å². The van der Waals surface area contributed by atoms with Gasteiger partial charge in [0.15, 0.2) is 0 Å². The Morgan fingerprint density at radius 1 is 1.33 bits per heavy atom. The smallest absolute Gasteiger partial charge is 0.118 e. The zero-order valence-electron chi connectivity index (χ0n) is 10.9. The van der Waals surface area contributed by atoms with Gasteiger partial charge in [-0.25, -0.2) is 4.98 Å². The summed E-state index contributed by atoms with van der Waals surface area (Å²) in [6.07, 6.45) is 1.96. The quantitative estimate of drug-likeness (QED) is 0.898. The molecule has 96 valence electrons. The molecule has 1 aromatic carbocycles. The van der Waals surface area contributed by atoms with E-state index >= 15 is 0 Å². The van der Waals surface area contributed by atoms with E-state index in [4.69, 9.17) is 4.74 Å². The Balaban J connectivity index is 2.28. The SMILES string of the molecule is CCNC(c1ccc(OC)cc1)c1cnc(C)s1. The van der Waals surface area contributed by atoms with E-state index in [1.54, 1.807) is 18.4 Å². The molecule has 18 heavy (non-hydrogen) atoms. The maximum atomic E-state index is 5.19. The summed E-state index contributed by atoms with van der Waals surface area (Å²) in [5.41, 5.74) is 1.24. The van der Waals surface area contributed by atoms with Crippen molar-refractivity contribution in [1.82, 2.24) is 10.3 Å². The fourth-order valence-corrected chi connectivity index (χ4v) is 2.78. The minimum atomic E-state index is 0.215. The van der Waals surface area contributed by atoms with Gasteiger partial charge in [-0.05, 0) is 31.2 Å². The molecule has 1 N–H and O–H groups in total. The van der Waals surface area contributed by atoms with Gasteiger partial charge >= 0.3 is 0 Å². The lowest BCUT2D eigenvalue weighted by Gasteiger charge is -2.16. The number of benzene rings is 1. The molecular formula is C14H18N2OS. The predicted molar refractivity (Wildman–Crippen MR) is 75.4 cm³/mol. The van der Waals surface area contributed by atoms with Gasteiger partial charge in [0.1, 0.15) is 5.75 Å². The van der Waals surface area contributed by atoms with Crippen molar-refractivity contribution in [2.45, 2.75) is 19.9 Å². The Hall–Kier alpha value is -1.39. The number of thiazole rings is 1. The summed E-state index contributed by atoms with van der Waals surface area (Å²) in [6.45, 7) is 5.07. The van der Waals surface area contributed by atoms with Gasteiger partial charge in [0, 0.05) is 11.1 Å². The lowest BCUT2D eigenvalue weighted by Crippen LogP contribution is -2.21. The molecule has 1 heterocycles. The van der Waals surface area contributed by atoms with Crippen LogP contribution in [0.15, 0.2) is 30.5 Å². The molecule has 0 aliphatic heterocycles. The number of hydrogen-bond donors (Lipinski definition) is 1. The average Bonchev–Trinajstić information content (AvgIpc) is 2.82. The van der Waals surface area contributed by atoms with Crippen molar-refractivity contribution in [3.8, 4) is 5.75 Å². The molecule has 0 radical (unpaired) electrons. The van der Waals surface area contributed by atoms with Crippen LogP contribution in [0.2, 0.25) is 0 Å². The summed E-state index contributed by atoms with van der Waals surface area (Å²) in [4.78, 5) is 5.58. The summed E-state index contributed by atoms with van der Waals surface area (Å²) in [7, 11) is 1.68. The minimum Gasteiger partial charge on any atom is -0.497 e. The summed E-state index contributed by atoms with van der Waals surface area (Å²) in [5, 5.41) is 4.59. The summed E-state index contributed by atoms with van der Waals surface area (Å²) >= 11 is 1.74. The maximum Gasteiger partial charge on any atom is 0.118 e. The molecule has 0 saturated heterocycles. The Morgan fingerprint density at radius 2 is 2.06 bits per heavy atom. The third-order valence-electron chi connectivity index (χ3n) is 2.78. The molecule has 0 bridgehead atoms. The normalized spacial score (nSPS) is 12.4. The number of nitrogens with zero attached hydrogens (tertiary/aromatic N) is 1. The zero-order valence-corrected chi connectivity index (χ0v) is 11.8. The standard InChI is InChI=1S/C14H18N2OS/c1-4-15-14(13-9-16-10(2)18-13)11-5-7-12(17-3)8-6-11/h5-9,14-15H,4H2,1-3H3. The Kier molecular flexibility index (Phi) is 4.33. The molecule has 2 rings (SSSR count). The van der Waals surface area contributed by atoms with Crippen LogP contribution in [-0.2, 0) is 0 Å². The summed E-state index contributed by atoms with van der Waals surface area (Å²) < 4.78 is 5.19. The maximum absolute atomic E-state index is 5.19. The molecule has 1 atom stereocenters. The van der Waals surface area contributed by atoms with E-state index < -0.39 is 0 Å². The first-order valence-electron chi connectivity index (χ1n) is 6.04. The van der Waals surface area contributed by atoms with Gasteiger partial charge in [-0.3, -0.25) is 0 Å². The highest BCUT2D eigenvalue weighted by molar-refractivity contribution is 7.11. The molecular weight excluding hydrogens is 244 g/mol. The molecule has 3 nitrogen and oxygen atoms in total. The van der Waals surface area contributed by atoms with Crippen LogP contribution in [-0.4, -0.2) is 18.6 Å². The highest BCUT2D eigenvalue weighted by atomic mass is 32.1. The number of aromatic nitrogens is 1. The van der Waals surface area contributed by atoms with Crippen molar-refractivity contribution in [3.05, 3.63) is 45.9 Å². The second-order valence-electron chi connectivity index (χ2n) is 4.05. The Bertz CT molecular complexity index is 493. The molecule has 0 saturated carbocycles. The van der Waals surface area contributed by atoms with Crippen molar-refractivity contribution in [1.29, 1.82) is 0 Å². The fraction of sp³-hybridized carbons (Fsp3) is 0.357. The van der Waals surface area contributed by atoms with Gasteiger partial charge < -0.3 is 10.1 Å². The van der Waals surface area contributed by atoms with Gasteiger partial charge in [0.05, 0.1) is 18.2 Å². The summed E-state index contributed by atoms with van der Waals surface area (Å²) in [6, 6.07) is 8.40. The van der Waals surface area contributed by atoms with Crippen LogP contribution in [0.5, 0.6) is 5.75 Å². The van der Waals surface area contributed by atoms with E-state index in [9.17, 15) is 0 Å². The monoisotopic (exact) mass is 262 g/mol. The van der Waals surface area contributed by atoms with Crippen molar-refractivity contribution in [2.75, 3.05) is 13.7 Å². The highest BCUT2D eigenvalue weighted by Gasteiger charge is 2.15. The van der Waals surface area contributed by atoms with Gasteiger partial charge in [0.2, 0.25) is 0 Å². The number of hydrogen-bond acceptors (Lipinski definition) is 4. The molecule has 1 unspecified atom stereocenters. The molecule has 0 fully saturated rings. The number of aryl methyl sites for hydroxylation is 1. The topological polar surface area (TPSA) is 34.1 Å². The van der Waals surface area contributed by atoms with Crippen LogP contribution in [0.25, 0.3) is 0 Å². The summed E-state index contributed by atoms with van der Waals surface area (Å²) in [5.74, 6) is 0.884. The van der Waals surface area contributed by atoms with E-state index in [0.29, 0.717) is 0 Å². The van der Waals surface area contributed by atoms with Gasteiger partial charge in [-0.15, -0.1) is 11.3 Å². The minimum absolute atomic E-state index is 0.215. The van der Waals surface area contributed by atoms with Crippen LogP contribution in [0.4, 0.5) is 0 Å². The first-order chi connectivity index (χ1) is 8.74. The van der Waals surface area contributed by atoms with E-state index in [2.05, 4.69) is 29.4 Å². The van der Waals surface area contributed by atoms with E-state index in [-0.39, 0.29) is 6.04 Å². The van der Waals surface area contributed by atoms with Crippen LogP contribution in [0, 0.1) is 6.92 Å². The first-order valence-corrected chi connectivity index (χ1v) is 6.86. The largest absolute Gasteiger partial charge is 0.497 e. The van der Waals surface area contributed by atoms with E-state index in [1.807, 2.05) is 25.3 Å². The number of nitrogens with one attached hydrogen (secondary N) is 1. The molecule has 4 heteroatoms. The van der Waals surface area contributed by atoms with Gasteiger partial charge in [0.25, 0.3) is 0 Å². The third-order valence-corrected chi connectivity index (χ3v) is 3.76. The van der Waals surface area contributed by atoms with E-state index in [0.717, 1.165) is 17.3 Å². The van der Waals surface area contributed by atoms with Gasteiger partial charge in [-0.1, -0.05) is 19.1 Å². The molecule has 0 aliphatic rings. The molecule has 0 aliphatic carbocycles. The second kappa shape index (κ2) is 5.98. The Labute approximate surface area is 112 Å². The van der Waals surface area contributed by atoms with Crippen molar-refractivity contribution >= 4 is 11.3 Å². The lowest BCUT2D eigenvalue weighted by molar-refractivity contribution is 0.414. The predicted octanol–water partition coefficient (Wildman–Crippen LogP) is 3.16. The number of ether oxygens (including phenoxy) is 1. The highest BCUT2D eigenvalue weighted by Crippen LogP contribution is 2.27. The molecule has 1 aromatic heterocycles. The van der Waals surface area contributed by atoms with Gasteiger partial charge in [-0.2, -0.15) is 0 Å².